The van der Waals surface area contributed by atoms with E-state index in [2.05, 4.69) is 24.6 Å². The van der Waals surface area contributed by atoms with E-state index in [1.54, 1.807) is 12.4 Å². The average molecular weight is 446 g/mol. The van der Waals surface area contributed by atoms with Crippen LogP contribution in [0.2, 0.25) is 0 Å². The molecule has 0 aromatic carbocycles. The van der Waals surface area contributed by atoms with Gasteiger partial charge in [0.15, 0.2) is 17.0 Å². The number of phosphoric ester groups is 1. The number of fused-ring (bicyclic) bond motifs is 1. The number of hydrogen-bond donors (Lipinski definition) is 5. The largest absolute Gasteiger partial charge is 0.481 e. The summed E-state index contributed by atoms with van der Waals surface area (Å²) >= 11 is 0. The van der Waals surface area contributed by atoms with Gasteiger partial charge in [-0.1, -0.05) is 12.2 Å². The molecule has 3 atom stereocenters. The van der Waals surface area contributed by atoms with E-state index in [1.807, 2.05) is 10.6 Å². The van der Waals surface area contributed by atoms with Crippen LogP contribution in [-0.2, 0) is 18.0 Å². The predicted molar refractivity (Wildman–Crippen MR) is 102 cm³/mol. The molecule has 13 nitrogen and oxygen atoms in total. The van der Waals surface area contributed by atoms with Crippen LogP contribution in [0.1, 0.15) is 25.3 Å². The summed E-state index contributed by atoms with van der Waals surface area (Å²) in [5, 5.41) is 3.29. The lowest BCUT2D eigenvalue weighted by atomic mass is 10.1. The Morgan fingerprint density at radius 2 is 2.00 bits per heavy atom. The zero-order chi connectivity index (χ0) is 20.8. The van der Waals surface area contributed by atoms with Crippen LogP contribution in [0.4, 0.5) is 11.8 Å². The molecule has 158 valence electrons. The highest BCUT2D eigenvalue weighted by Crippen LogP contribution is 2.57. The molecule has 1 unspecified atom stereocenters. The van der Waals surface area contributed by atoms with Crippen molar-refractivity contribution in [3.63, 3.8) is 0 Å². The number of nitrogens with zero attached hydrogens (tertiary/aromatic N) is 4. The summed E-state index contributed by atoms with van der Waals surface area (Å²) in [5.74, 6) is 0.438. The van der Waals surface area contributed by atoms with Crippen LogP contribution in [0.5, 0.6) is 0 Å². The molecule has 0 radical (unpaired) electrons. The minimum absolute atomic E-state index is 0.125. The third-order valence-corrected chi connectivity index (χ3v) is 6.68. The molecule has 0 aliphatic heterocycles. The molecular formula is C14H20N6O7P2. The minimum atomic E-state index is -5.14. The van der Waals surface area contributed by atoms with Crippen LogP contribution in [-0.4, -0.2) is 46.8 Å². The molecule has 2 aliphatic rings. The van der Waals surface area contributed by atoms with Gasteiger partial charge >= 0.3 is 15.6 Å². The van der Waals surface area contributed by atoms with Gasteiger partial charge in [-0.2, -0.15) is 14.3 Å². The molecule has 2 aromatic heterocycles. The molecule has 1 saturated carbocycles. The molecule has 2 aromatic rings. The van der Waals surface area contributed by atoms with Crippen molar-refractivity contribution in [3.05, 3.63) is 18.5 Å². The molecule has 2 aliphatic carbocycles. The van der Waals surface area contributed by atoms with Crippen LogP contribution < -0.4 is 11.1 Å². The number of nitrogens with two attached hydrogens (primary N) is 1. The Bertz CT molecular complexity index is 1050. The zero-order valence-corrected chi connectivity index (χ0v) is 16.8. The summed E-state index contributed by atoms with van der Waals surface area (Å²) in [6, 6.07) is 0.215. The molecule has 29 heavy (non-hydrogen) atoms. The van der Waals surface area contributed by atoms with Crippen LogP contribution in [0.25, 0.3) is 11.2 Å². The highest BCUT2D eigenvalue weighted by atomic mass is 31.3. The smallest absolute Gasteiger partial charge is 0.368 e. The summed E-state index contributed by atoms with van der Waals surface area (Å²) in [7, 11) is -10.0. The summed E-state index contributed by atoms with van der Waals surface area (Å²) < 4.78 is 32.6. The third-order valence-electron chi connectivity index (χ3n) is 4.53. The van der Waals surface area contributed by atoms with Crippen molar-refractivity contribution >= 4 is 38.6 Å². The number of aromatic nitrogens is 4. The topological polar surface area (TPSA) is 195 Å². The maximum atomic E-state index is 11.6. The van der Waals surface area contributed by atoms with Crippen molar-refractivity contribution in [1.29, 1.82) is 0 Å². The Morgan fingerprint density at radius 1 is 1.24 bits per heavy atom. The van der Waals surface area contributed by atoms with Crippen molar-refractivity contribution < 1.29 is 32.6 Å². The Kier molecular flexibility index (Phi) is 5.24. The first-order valence-electron chi connectivity index (χ1n) is 8.79. The van der Waals surface area contributed by atoms with Crippen LogP contribution in [0.3, 0.4) is 0 Å². The van der Waals surface area contributed by atoms with Crippen molar-refractivity contribution in [1.82, 2.24) is 19.5 Å². The van der Waals surface area contributed by atoms with Crippen molar-refractivity contribution in [2.75, 3.05) is 17.7 Å². The summed E-state index contributed by atoms with van der Waals surface area (Å²) in [4.78, 5) is 39.6. The normalized spacial score (nSPS) is 24.1. The van der Waals surface area contributed by atoms with Gasteiger partial charge in [0.25, 0.3) is 0 Å². The van der Waals surface area contributed by atoms with E-state index in [1.165, 1.54) is 0 Å². The molecule has 15 heteroatoms. The molecule has 2 heterocycles. The van der Waals surface area contributed by atoms with Gasteiger partial charge in [-0.25, -0.2) is 14.1 Å². The van der Waals surface area contributed by atoms with Gasteiger partial charge in [-0.05, 0) is 19.3 Å². The SMILES string of the molecule is Nc1nc(NC2CC2)c2ncn([C@H]3C=C[C@@H](COP(=O)(O)OP(=O)(O)O)C3)c2n1. The lowest BCUT2D eigenvalue weighted by Gasteiger charge is -2.16. The fraction of sp³-hybridized carbons (Fsp3) is 0.500. The fourth-order valence-electron chi connectivity index (χ4n) is 3.13. The second-order valence-electron chi connectivity index (χ2n) is 6.96. The number of phosphoric acid groups is 2. The molecule has 0 saturated heterocycles. The van der Waals surface area contributed by atoms with E-state index in [0.29, 0.717) is 29.4 Å². The van der Waals surface area contributed by atoms with Crippen molar-refractivity contribution in [2.24, 2.45) is 5.92 Å². The van der Waals surface area contributed by atoms with Gasteiger partial charge < -0.3 is 30.3 Å². The highest BCUT2D eigenvalue weighted by molar-refractivity contribution is 7.60. The number of nitrogen functional groups attached to an aromatic ring is 1. The number of anilines is 2. The zero-order valence-electron chi connectivity index (χ0n) is 15.0. The number of rotatable bonds is 8. The van der Waals surface area contributed by atoms with Crippen LogP contribution in [0.15, 0.2) is 18.5 Å². The quantitative estimate of drug-likeness (QED) is 0.289. The lowest BCUT2D eigenvalue weighted by molar-refractivity contribution is 0.163. The number of allylic oxidation sites excluding steroid dienone is 1. The van der Waals surface area contributed by atoms with Gasteiger partial charge in [0.1, 0.15) is 0 Å². The minimum Gasteiger partial charge on any atom is -0.368 e. The van der Waals surface area contributed by atoms with E-state index in [0.717, 1.165) is 12.8 Å². The average Bonchev–Trinajstić information content (AvgIpc) is 3.12. The fourth-order valence-corrected chi connectivity index (χ4v) is 4.77. The van der Waals surface area contributed by atoms with Gasteiger partial charge in [0.05, 0.1) is 19.0 Å². The van der Waals surface area contributed by atoms with Gasteiger partial charge in [0.2, 0.25) is 5.95 Å². The van der Waals surface area contributed by atoms with E-state index in [4.69, 9.17) is 20.0 Å². The predicted octanol–water partition coefficient (Wildman–Crippen LogP) is 1.33. The second-order valence-corrected chi connectivity index (χ2v) is 9.79. The Morgan fingerprint density at radius 3 is 2.69 bits per heavy atom. The molecule has 6 N–H and O–H groups in total. The summed E-state index contributed by atoms with van der Waals surface area (Å²) in [6.07, 6.45) is 7.91. The Balaban J connectivity index is 1.45. The molecule has 4 rings (SSSR count). The molecule has 0 amide bonds. The van der Waals surface area contributed by atoms with Crippen LogP contribution in [0, 0.1) is 5.92 Å². The Hall–Kier alpha value is -1.85. The van der Waals surface area contributed by atoms with Gasteiger partial charge in [0, 0.05) is 12.0 Å². The first-order valence-corrected chi connectivity index (χ1v) is 11.8. The van der Waals surface area contributed by atoms with Crippen molar-refractivity contribution in [2.45, 2.75) is 31.3 Å². The van der Waals surface area contributed by atoms with Crippen molar-refractivity contribution in [3.8, 4) is 0 Å². The first kappa shape index (κ1) is 20.4. The number of hydrogen-bond acceptors (Lipinski definition) is 9. The van der Waals surface area contributed by atoms with E-state index >= 15 is 0 Å². The molecule has 1 fully saturated rings. The van der Waals surface area contributed by atoms with Crippen LogP contribution >= 0.6 is 15.6 Å². The maximum Gasteiger partial charge on any atom is 0.481 e. The van der Waals surface area contributed by atoms with Gasteiger partial charge in [-0.3, -0.25) is 4.52 Å². The summed E-state index contributed by atoms with van der Waals surface area (Å²) in [6.45, 7) is -0.251. The van der Waals surface area contributed by atoms with E-state index in [9.17, 15) is 14.0 Å². The maximum absolute atomic E-state index is 11.6. The van der Waals surface area contributed by atoms with E-state index in [-0.39, 0.29) is 24.5 Å². The second kappa shape index (κ2) is 7.44. The molecule has 0 bridgehead atoms. The monoisotopic (exact) mass is 446 g/mol. The lowest BCUT2D eigenvalue weighted by Crippen LogP contribution is -2.11. The first-order chi connectivity index (χ1) is 13.6. The molecular weight excluding hydrogens is 426 g/mol. The third kappa shape index (κ3) is 5.01. The molecule has 0 spiro atoms. The number of imidazole rings is 1. The Labute approximate surface area is 164 Å². The van der Waals surface area contributed by atoms with Gasteiger partial charge in [-0.15, -0.1) is 0 Å². The standard InChI is InChI=1S/C14H20N6O7P2/c15-14-18-12(17-9-2-3-9)11-13(19-14)20(7-16-11)10-4-1-8(5-10)6-26-29(24,25)27-28(21,22)23/h1,4,7-10H,2-3,5-6H2,(H,24,25)(H2,21,22,23)(H3,15,17,18,19)/t8-,10+/m1/s1. The van der Waals surface area contributed by atoms with E-state index < -0.39 is 15.6 Å². The number of nitrogens with one attached hydrogen (secondary N) is 1. The summed E-state index contributed by atoms with van der Waals surface area (Å²) in [5.41, 5.74) is 7.01. The highest BCUT2D eigenvalue weighted by Gasteiger charge is 2.34.